The summed E-state index contributed by atoms with van der Waals surface area (Å²) in [6.45, 7) is 12.8. The van der Waals surface area contributed by atoms with Gasteiger partial charge in [0, 0.05) is 23.2 Å². The standard InChI is InChI=1S/C15H23N/c1-6-15(4,5)16-11-14(2,3)12-9-7-8-10-13(12)16/h7-10H,6,11H2,1-5H3. The number of hydrogen-bond donors (Lipinski definition) is 0. The molecule has 1 heteroatoms. The van der Waals surface area contributed by atoms with E-state index in [1.54, 1.807) is 0 Å². The SMILES string of the molecule is CCC(C)(C)N1CC(C)(C)c2ccccc21. The summed E-state index contributed by atoms with van der Waals surface area (Å²) in [6, 6.07) is 8.85. The second kappa shape index (κ2) is 3.51. The van der Waals surface area contributed by atoms with Gasteiger partial charge in [-0.25, -0.2) is 0 Å². The molecule has 0 aliphatic carbocycles. The van der Waals surface area contributed by atoms with Crippen molar-refractivity contribution in [2.45, 2.75) is 52.0 Å². The molecule has 0 fully saturated rings. The highest BCUT2D eigenvalue weighted by atomic mass is 15.2. The second-order valence-corrected chi connectivity index (χ2v) is 6.15. The zero-order valence-corrected chi connectivity index (χ0v) is 11.2. The van der Waals surface area contributed by atoms with E-state index in [0.29, 0.717) is 0 Å². The number of para-hydroxylation sites is 1. The van der Waals surface area contributed by atoms with E-state index >= 15 is 0 Å². The van der Waals surface area contributed by atoms with Crippen molar-refractivity contribution in [1.82, 2.24) is 0 Å². The molecule has 0 amide bonds. The fraction of sp³-hybridized carbons (Fsp3) is 0.600. The molecule has 1 aromatic rings. The summed E-state index contributed by atoms with van der Waals surface area (Å²) in [4.78, 5) is 2.57. The van der Waals surface area contributed by atoms with E-state index in [2.05, 4.69) is 63.8 Å². The van der Waals surface area contributed by atoms with E-state index in [9.17, 15) is 0 Å². The Bertz CT molecular complexity index is 390. The largest absolute Gasteiger partial charge is 0.365 e. The Morgan fingerprint density at radius 1 is 1.25 bits per heavy atom. The van der Waals surface area contributed by atoms with E-state index in [1.807, 2.05) is 0 Å². The second-order valence-electron chi connectivity index (χ2n) is 6.15. The van der Waals surface area contributed by atoms with Gasteiger partial charge in [-0.2, -0.15) is 0 Å². The maximum absolute atomic E-state index is 2.57. The maximum Gasteiger partial charge on any atom is 0.0409 e. The van der Waals surface area contributed by atoms with E-state index in [-0.39, 0.29) is 11.0 Å². The first-order valence-corrected chi connectivity index (χ1v) is 6.26. The topological polar surface area (TPSA) is 3.24 Å². The third-order valence-electron chi connectivity index (χ3n) is 4.07. The quantitative estimate of drug-likeness (QED) is 0.724. The Kier molecular flexibility index (Phi) is 2.52. The van der Waals surface area contributed by atoms with Crippen molar-refractivity contribution in [3.63, 3.8) is 0 Å². The smallest absolute Gasteiger partial charge is 0.0409 e. The minimum absolute atomic E-state index is 0.254. The first kappa shape index (κ1) is 11.5. The molecule has 88 valence electrons. The zero-order chi connectivity index (χ0) is 12.0. The number of fused-ring (bicyclic) bond motifs is 1. The average Bonchev–Trinajstić information content (AvgIpc) is 2.53. The van der Waals surface area contributed by atoms with Crippen molar-refractivity contribution in [2.24, 2.45) is 0 Å². The Morgan fingerprint density at radius 3 is 2.50 bits per heavy atom. The lowest BCUT2D eigenvalue weighted by Crippen LogP contribution is -2.44. The number of nitrogens with zero attached hydrogens (tertiary/aromatic N) is 1. The summed E-state index contributed by atoms with van der Waals surface area (Å²) in [5.74, 6) is 0. The van der Waals surface area contributed by atoms with E-state index < -0.39 is 0 Å². The number of hydrogen-bond acceptors (Lipinski definition) is 1. The van der Waals surface area contributed by atoms with Crippen LogP contribution in [0.5, 0.6) is 0 Å². The van der Waals surface area contributed by atoms with Gasteiger partial charge in [0.15, 0.2) is 0 Å². The minimum atomic E-state index is 0.254. The van der Waals surface area contributed by atoms with Crippen LogP contribution in [0.4, 0.5) is 5.69 Å². The van der Waals surface area contributed by atoms with E-state index in [4.69, 9.17) is 0 Å². The van der Waals surface area contributed by atoms with Gasteiger partial charge >= 0.3 is 0 Å². The average molecular weight is 217 g/mol. The molecule has 0 atom stereocenters. The summed E-state index contributed by atoms with van der Waals surface area (Å²) in [5, 5.41) is 0. The molecule has 0 bridgehead atoms. The molecule has 1 aliphatic rings. The van der Waals surface area contributed by atoms with Crippen LogP contribution in [-0.2, 0) is 5.41 Å². The van der Waals surface area contributed by atoms with Crippen LogP contribution in [0.2, 0.25) is 0 Å². The van der Waals surface area contributed by atoms with Gasteiger partial charge in [0.1, 0.15) is 0 Å². The third kappa shape index (κ3) is 1.63. The highest BCUT2D eigenvalue weighted by Crippen LogP contribution is 2.43. The molecular formula is C15H23N. The molecule has 16 heavy (non-hydrogen) atoms. The molecule has 1 aromatic carbocycles. The predicted molar refractivity (Wildman–Crippen MR) is 71.2 cm³/mol. The molecule has 1 nitrogen and oxygen atoms in total. The Balaban J connectivity index is 2.49. The summed E-state index contributed by atoms with van der Waals surface area (Å²) < 4.78 is 0. The number of anilines is 1. The molecule has 0 aromatic heterocycles. The molecule has 1 aliphatic heterocycles. The van der Waals surface area contributed by atoms with Gasteiger partial charge in [0.05, 0.1) is 0 Å². The third-order valence-corrected chi connectivity index (χ3v) is 4.07. The summed E-state index contributed by atoms with van der Waals surface area (Å²) >= 11 is 0. The fourth-order valence-electron chi connectivity index (χ4n) is 2.58. The zero-order valence-electron chi connectivity index (χ0n) is 11.2. The van der Waals surface area contributed by atoms with Crippen LogP contribution in [-0.4, -0.2) is 12.1 Å². The maximum atomic E-state index is 2.57. The summed E-state index contributed by atoms with van der Waals surface area (Å²) in [5.41, 5.74) is 3.46. The van der Waals surface area contributed by atoms with Crippen molar-refractivity contribution < 1.29 is 0 Å². The molecule has 0 unspecified atom stereocenters. The lowest BCUT2D eigenvalue weighted by atomic mass is 9.87. The van der Waals surface area contributed by atoms with E-state index in [1.165, 1.54) is 17.7 Å². The predicted octanol–water partition coefficient (Wildman–Crippen LogP) is 3.97. The highest BCUT2D eigenvalue weighted by molar-refractivity contribution is 5.63. The van der Waals surface area contributed by atoms with Gasteiger partial charge in [0.2, 0.25) is 0 Å². The van der Waals surface area contributed by atoms with Crippen LogP contribution in [0, 0.1) is 0 Å². The van der Waals surface area contributed by atoms with Gasteiger partial charge in [-0.1, -0.05) is 39.0 Å². The highest BCUT2D eigenvalue weighted by Gasteiger charge is 2.40. The first-order chi connectivity index (χ1) is 7.38. The van der Waals surface area contributed by atoms with Crippen LogP contribution < -0.4 is 4.90 Å². The van der Waals surface area contributed by atoms with Gasteiger partial charge in [-0.15, -0.1) is 0 Å². The van der Waals surface area contributed by atoms with Crippen LogP contribution in [0.15, 0.2) is 24.3 Å². The Morgan fingerprint density at radius 2 is 1.88 bits per heavy atom. The monoisotopic (exact) mass is 217 g/mol. The molecule has 2 rings (SSSR count). The molecule has 0 spiro atoms. The number of benzene rings is 1. The van der Waals surface area contributed by atoms with Crippen LogP contribution in [0.3, 0.4) is 0 Å². The molecular weight excluding hydrogens is 194 g/mol. The molecule has 1 heterocycles. The van der Waals surface area contributed by atoms with Crippen LogP contribution in [0.25, 0.3) is 0 Å². The lowest BCUT2D eigenvalue weighted by molar-refractivity contribution is 0.419. The van der Waals surface area contributed by atoms with Crippen LogP contribution >= 0.6 is 0 Å². The molecule has 0 N–H and O–H groups in total. The number of rotatable bonds is 2. The van der Waals surface area contributed by atoms with Crippen molar-refractivity contribution in [2.75, 3.05) is 11.4 Å². The van der Waals surface area contributed by atoms with E-state index in [0.717, 1.165) is 6.54 Å². The fourth-order valence-corrected chi connectivity index (χ4v) is 2.58. The Hall–Kier alpha value is -0.980. The van der Waals surface area contributed by atoms with Gasteiger partial charge in [0.25, 0.3) is 0 Å². The summed E-state index contributed by atoms with van der Waals surface area (Å²) in [6.07, 6.45) is 1.18. The van der Waals surface area contributed by atoms with Crippen molar-refractivity contribution in [1.29, 1.82) is 0 Å². The first-order valence-electron chi connectivity index (χ1n) is 6.26. The minimum Gasteiger partial charge on any atom is -0.365 e. The normalized spacial score (nSPS) is 18.7. The molecule has 0 saturated carbocycles. The lowest BCUT2D eigenvalue weighted by Gasteiger charge is -2.38. The van der Waals surface area contributed by atoms with Crippen LogP contribution in [0.1, 0.15) is 46.6 Å². The van der Waals surface area contributed by atoms with Gasteiger partial charge in [-0.3, -0.25) is 0 Å². The van der Waals surface area contributed by atoms with Gasteiger partial charge in [-0.05, 0) is 31.9 Å². The van der Waals surface area contributed by atoms with Gasteiger partial charge < -0.3 is 4.90 Å². The van der Waals surface area contributed by atoms with Crippen molar-refractivity contribution in [3.05, 3.63) is 29.8 Å². The molecule has 0 saturated heterocycles. The van der Waals surface area contributed by atoms with Crippen molar-refractivity contribution >= 4 is 5.69 Å². The Labute approximate surface area is 99.5 Å². The summed E-state index contributed by atoms with van der Waals surface area (Å²) in [7, 11) is 0. The van der Waals surface area contributed by atoms with Crippen molar-refractivity contribution in [3.8, 4) is 0 Å². The molecule has 0 radical (unpaired) electrons.